The van der Waals surface area contributed by atoms with Crippen molar-refractivity contribution >= 4 is 35.9 Å². The van der Waals surface area contributed by atoms with Crippen LogP contribution in [0.3, 0.4) is 0 Å². The summed E-state index contributed by atoms with van der Waals surface area (Å²) in [6.45, 7) is 6.49. The van der Waals surface area contributed by atoms with E-state index in [1.165, 1.54) is 6.42 Å². The van der Waals surface area contributed by atoms with E-state index in [0.29, 0.717) is 101 Å². The molecule has 0 saturated heterocycles. The van der Waals surface area contributed by atoms with Gasteiger partial charge in [-0.3, -0.25) is 24.0 Å². The first-order valence-electron chi connectivity index (χ1n) is 20.0. The van der Waals surface area contributed by atoms with Crippen molar-refractivity contribution in [2.45, 2.75) is 148 Å². The summed E-state index contributed by atoms with van der Waals surface area (Å²) in [5.41, 5.74) is 1.49. The van der Waals surface area contributed by atoms with Crippen molar-refractivity contribution in [2.75, 3.05) is 0 Å². The maximum absolute atomic E-state index is 13.3. The van der Waals surface area contributed by atoms with Crippen LogP contribution in [0, 0.1) is 29.6 Å². The third kappa shape index (κ3) is 11.5. The highest BCUT2D eigenvalue weighted by Crippen LogP contribution is 2.36. The Bertz CT molecular complexity index is 1460. The molecule has 0 N–H and O–H groups in total. The highest BCUT2D eigenvalue weighted by molar-refractivity contribution is 5.80. The van der Waals surface area contributed by atoms with Crippen LogP contribution in [0.2, 0.25) is 0 Å². The quantitative estimate of drug-likeness (QED) is 0.0638. The minimum Gasteiger partial charge on any atom is -0.465 e. The second kappa shape index (κ2) is 19.9. The molecule has 0 spiro atoms. The molecular weight excluding hydrogens is 676 g/mol. The molecule has 0 radical (unpaired) electrons. The Morgan fingerprint density at radius 2 is 1.11 bits per heavy atom. The van der Waals surface area contributed by atoms with E-state index in [9.17, 15) is 24.0 Å². The van der Waals surface area contributed by atoms with Crippen LogP contribution in [-0.2, 0) is 38.2 Å². The van der Waals surface area contributed by atoms with Gasteiger partial charge in [-0.25, -0.2) is 0 Å². The standard InChI is InChI=1S/C43H58O10/c1-4-6-7-28(3)38-26-37(24-25-39(38)53-43(48)33-12-18-34(19-13-33)49-27-44)52-42(47)32-16-22-36(23-17-32)51-41(46)31-14-20-35(21-15-31)50-40(45)30-10-8-29(5-2)9-11-30/h4,6-7,24-27,29-36H,5,8-23H2,1-3H3/b6-4-,28-7+. The van der Waals surface area contributed by atoms with Crippen LogP contribution in [0.25, 0.3) is 5.57 Å². The average molecular weight is 735 g/mol. The van der Waals surface area contributed by atoms with E-state index in [0.717, 1.165) is 37.2 Å². The first-order valence-corrected chi connectivity index (χ1v) is 20.0. The molecule has 0 heterocycles. The molecule has 0 bridgehead atoms. The number of rotatable bonds is 13. The Balaban J connectivity index is 1.06. The molecule has 4 saturated carbocycles. The molecular formula is C43H58O10. The molecule has 1 aromatic carbocycles. The van der Waals surface area contributed by atoms with Crippen LogP contribution < -0.4 is 9.47 Å². The molecule has 4 aliphatic carbocycles. The Hall–Kier alpha value is -3.95. The van der Waals surface area contributed by atoms with Gasteiger partial charge in [-0.2, -0.15) is 0 Å². The summed E-state index contributed by atoms with van der Waals surface area (Å²) in [6, 6.07) is 5.03. The summed E-state index contributed by atoms with van der Waals surface area (Å²) >= 11 is 0. The van der Waals surface area contributed by atoms with Crippen LogP contribution in [0.5, 0.6) is 11.5 Å². The molecule has 5 rings (SSSR count). The summed E-state index contributed by atoms with van der Waals surface area (Å²) in [5.74, 6) is -0.189. The third-order valence-corrected chi connectivity index (χ3v) is 11.9. The zero-order valence-corrected chi connectivity index (χ0v) is 31.8. The highest BCUT2D eigenvalue weighted by atomic mass is 16.6. The monoisotopic (exact) mass is 734 g/mol. The first kappa shape index (κ1) is 40.2. The van der Waals surface area contributed by atoms with Crippen LogP contribution >= 0.6 is 0 Å². The number of carbonyl (C=O) groups is 5. The van der Waals surface area contributed by atoms with Crippen molar-refractivity contribution in [1.29, 1.82) is 0 Å². The van der Waals surface area contributed by atoms with Crippen LogP contribution in [0.1, 0.15) is 135 Å². The van der Waals surface area contributed by atoms with Crippen molar-refractivity contribution < 1.29 is 47.7 Å². The molecule has 1 aromatic rings. The van der Waals surface area contributed by atoms with Crippen molar-refractivity contribution in [3.05, 3.63) is 42.0 Å². The number of hydrogen-bond donors (Lipinski definition) is 0. The highest BCUT2D eigenvalue weighted by Gasteiger charge is 2.35. The summed E-state index contributed by atoms with van der Waals surface area (Å²) in [5, 5.41) is 0. The van der Waals surface area contributed by atoms with Crippen LogP contribution in [-0.4, -0.2) is 48.7 Å². The van der Waals surface area contributed by atoms with Crippen LogP contribution in [0.4, 0.5) is 0 Å². The molecule has 0 unspecified atom stereocenters. The summed E-state index contributed by atoms with van der Waals surface area (Å²) in [7, 11) is 0. The maximum atomic E-state index is 13.3. The minimum absolute atomic E-state index is 0.0192. The van der Waals surface area contributed by atoms with E-state index in [4.69, 9.17) is 23.7 Å². The fourth-order valence-corrected chi connectivity index (χ4v) is 8.36. The Labute approximate surface area is 314 Å². The van der Waals surface area contributed by atoms with Gasteiger partial charge < -0.3 is 23.7 Å². The number of allylic oxidation sites excluding steroid dienone is 4. The van der Waals surface area contributed by atoms with Gasteiger partial charge in [0.2, 0.25) is 0 Å². The molecule has 290 valence electrons. The lowest BCUT2D eigenvalue weighted by atomic mass is 9.81. The van der Waals surface area contributed by atoms with Gasteiger partial charge in [-0.05, 0) is 146 Å². The van der Waals surface area contributed by atoms with E-state index >= 15 is 0 Å². The third-order valence-electron chi connectivity index (χ3n) is 11.9. The van der Waals surface area contributed by atoms with Crippen molar-refractivity contribution in [1.82, 2.24) is 0 Å². The van der Waals surface area contributed by atoms with Crippen molar-refractivity contribution in [2.24, 2.45) is 29.6 Å². The Kier molecular flexibility index (Phi) is 15.1. The van der Waals surface area contributed by atoms with Crippen molar-refractivity contribution in [3.8, 4) is 11.5 Å². The van der Waals surface area contributed by atoms with Gasteiger partial charge in [0.1, 0.15) is 29.8 Å². The number of esters is 4. The van der Waals surface area contributed by atoms with Crippen LogP contribution in [0.15, 0.2) is 36.4 Å². The van der Waals surface area contributed by atoms with E-state index in [1.807, 2.05) is 32.1 Å². The van der Waals surface area contributed by atoms with Gasteiger partial charge in [-0.1, -0.05) is 31.6 Å². The molecule has 53 heavy (non-hydrogen) atoms. The number of hydrogen-bond acceptors (Lipinski definition) is 10. The van der Waals surface area contributed by atoms with E-state index in [1.54, 1.807) is 18.2 Å². The summed E-state index contributed by atoms with van der Waals surface area (Å²) < 4.78 is 28.6. The molecule has 4 fully saturated rings. The molecule has 0 atom stereocenters. The van der Waals surface area contributed by atoms with E-state index < -0.39 is 0 Å². The largest absolute Gasteiger partial charge is 0.465 e. The molecule has 10 heteroatoms. The number of ether oxygens (including phenoxy) is 5. The SMILES string of the molecule is C/C=C\C=C(/C)c1cc(OC(=O)C2CCC(OC(=O)C3CCC(OC(=O)C4CCC(CC)CC4)CC3)CC2)ccc1OC(=O)C1CCC(OC=O)CC1. The van der Waals surface area contributed by atoms with Gasteiger partial charge in [0.25, 0.3) is 6.47 Å². The fraction of sp³-hybridized carbons (Fsp3) is 0.651. The lowest BCUT2D eigenvalue weighted by Crippen LogP contribution is -2.34. The van der Waals surface area contributed by atoms with Gasteiger partial charge in [0.15, 0.2) is 0 Å². The molecule has 0 amide bonds. The zero-order valence-electron chi connectivity index (χ0n) is 31.8. The Morgan fingerprint density at radius 1 is 0.642 bits per heavy atom. The van der Waals surface area contributed by atoms with Gasteiger partial charge in [-0.15, -0.1) is 0 Å². The van der Waals surface area contributed by atoms with Crippen molar-refractivity contribution in [3.63, 3.8) is 0 Å². The zero-order chi connectivity index (χ0) is 37.7. The fourth-order valence-electron chi connectivity index (χ4n) is 8.36. The maximum Gasteiger partial charge on any atom is 0.314 e. The second-order valence-corrected chi connectivity index (χ2v) is 15.5. The van der Waals surface area contributed by atoms with Gasteiger partial charge in [0.05, 0.1) is 23.7 Å². The van der Waals surface area contributed by atoms with E-state index in [2.05, 4.69) is 6.92 Å². The summed E-state index contributed by atoms with van der Waals surface area (Å²) in [6.07, 6.45) is 17.8. The Morgan fingerprint density at radius 3 is 1.60 bits per heavy atom. The lowest BCUT2D eigenvalue weighted by Gasteiger charge is -2.32. The first-order chi connectivity index (χ1) is 25.7. The predicted octanol–water partition coefficient (Wildman–Crippen LogP) is 8.63. The summed E-state index contributed by atoms with van der Waals surface area (Å²) in [4.78, 5) is 62.8. The smallest absolute Gasteiger partial charge is 0.314 e. The number of benzene rings is 1. The average Bonchev–Trinajstić information content (AvgIpc) is 3.18. The molecule has 4 aliphatic rings. The topological polar surface area (TPSA) is 132 Å². The van der Waals surface area contributed by atoms with Gasteiger partial charge >= 0.3 is 23.9 Å². The predicted molar refractivity (Wildman–Crippen MR) is 198 cm³/mol. The minimum atomic E-state index is -0.332. The second-order valence-electron chi connectivity index (χ2n) is 15.5. The molecule has 0 aromatic heterocycles. The lowest BCUT2D eigenvalue weighted by molar-refractivity contribution is -0.162. The normalized spacial score (nSPS) is 29.5. The molecule has 0 aliphatic heterocycles. The molecule has 10 nitrogen and oxygen atoms in total. The van der Waals surface area contributed by atoms with Gasteiger partial charge in [0, 0.05) is 5.56 Å². The number of carbonyl (C=O) groups excluding carboxylic acids is 5. The van der Waals surface area contributed by atoms with E-state index in [-0.39, 0.29) is 65.9 Å².